The number of ether oxygens (including phenoxy) is 1. The third kappa shape index (κ3) is 1.96. The van der Waals surface area contributed by atoms with E-state index in [1.807, 2.05) is 29.6 Å². The van der Waals surface area contributed by atoms with E-state index in [1.165, 1.54) is 11.3 Å². The van der Waals surface area contributed by atoms with Gasteiger partial charge in [-0.2, -0.15) is 0 Å². The molecule has 1 aromatic heterocycles. The van der Waals surface area contributed by atoms with E-state index >= 15 is 0 Å². The van der Waals surface area contributed by atoms with Gasteiger partial charge in [-0.3, -0.25) is 4.79 Å². The van der Waals surface area contributed by atoms with E-state index in [9.17, 15) is 4.79 Å². The molecular weight excluding hydrogens is 260 g/mol. The molecule has 19 heavy (non-hydrogen) atoms. The standard InChI is InChI=1S/C14H14N2O2S/c1-18-12-5-7-19-13(12)14(17)16-6-4-9-8-10(15)2-3-11(9)16/h2-3,5,7-8H,4,6,15H2,1H3. The van der Waals surface area contributed by atoms with Gasteiger partial charge < -0.3 is 15.4 Å². The van der Waals surface area contributed by atoms with Crippen molar-refractivity contribution < 1.29 is 9.53 Å². The Balaban J connectivity index is 1.96. The number of carbonyl (C=O) groups excluding carboxylic acids is 1. The maximum absolute atomic E-state index is 12.6. The van der Waals surface area contributed by atoms with Crippen molar-refractivity contribution in [1.82, 2.24) is 0 Å². The molecule has 1 aliphatic heterocycles. The number of hydrogen-bond acceptors (Lipinski definition) is 4. The first-order valence-corrected chi connectivity index (χ1v) is 6.90. The van der Waals surface area contributed by atoms with E-state index < -0.39 is 0 Å². The number of nitrogens with zero attached hydrogens (tertiary/aromatic N) is 1. The number of nitrogen functional groups attached to an aromatic ring is 1. The SMILES string of the molecule is COc1ccsc1C(=O)N1CCc2cc(N)ccc21. The molecule has 2 heterocycles. The van der Waals surface area contributed by atoms with Crippen LogP contribution in [0.5, 0.6) is 5.75 Å². The summed E-state index contributed by atoms with van der Waals surface area (Å²) in [5.74, 6) is 0.634. The molecule has 2 N–H and O–H groups in total. The molecule has 1 amide bonds. The maximum Gasteiger partial charge on any atom is 0.272 e. The predicted octanol–water partition coefficient (Wildman–Crippen LogP) is 2.54. The first kappa shape index (κ1) is 12.0. The van der Waals surface area contributed by atoms with Crippen molar-refractivity contribution in [2.24, 2.45) is 0 Å². The fourth-order valence-corrected chi connectivity index (χ4v) is 3.18. The van der Waals surface area contributed by atoms with Crippen molar-refractivity contribution in [3.63, 3.8) is 0 Å². The number of fused-ring (bicyclic) bond motifs is 1. The lowest BCUT2D eigenvalue weighted by Crippen LogP contribution is -2.28. The summed E-state index contributed by atoms with van der Waals surface area (Å²) < 4.78 is 5.22. The minimum absolute atomic E-state index is 0.00429. The van der Waals surface area contributed by atoms with Gasteiger partial charge in [-0.25, -0.2) is 0 Å². The molecule has 0 radical (unpaired) electrons. The number of amides is 1. The van der Waals surface area contributed by atoms with Crippen molar-refractivity contribution in [2.75, 3.05) is 24.3 Å². The number of carbonyl (C=O) groups is 1. The van der Waals surface area contributed by atoms with E-state index in [0.29, 0.717) is 17.2 Å². The number of methoxy groups -OCH3 is 1. The Morgan fingerprint density at radius 2 is 2.26 bits per heavy atom. The van der Waals surface area contributed by atoms with Crippen molar-refractivity contribution in [3.05, 3.63) is 40.1 Å². The summed E-state index contributed by atoms with van der Waals surface area (Å²) in [7, 11) is 1.58. The quantitative estimate of drug-likeness (QED) is 0.856. The van der Waals surface area contributed by atoms with Gasteiger partial charge >= 0.3 is 0 Å². The van der Waals surface area contributed by atoms with Gasteiger partial charge in [0, 0.05) is 17.9 Å². The number of rotatable bonds is 2. The molecule has 98 valence electrons. The lowest BCUT2D eigenvalue weighted by Gasteiger charge is -2.17. The molecule has 0 aliphatic carbocycles. The second-order valence-electron chi connectivity index (χ2n) is 4.41. The Morgan fingerprint density at radius 3 is 3.05 bits per heavy atom. The van der Waals surface area contributed by atoms with Crippen LogP contribution in [-0.2, 0) is 6.42 Å². The highest BCUT2D eigenvalue weighted by Gasteiger charge is 2.28. The van der Waals surface area contributed by atoms with Crippen LogP contribution < -0.4 is 15.4 Å². The zero-order valence-electron chi connectivity index (χ0n) is 10.6. The third-order valence-electron chi connectivity index (χ3n) is 3.29. The van der Waals surface area contributed by atoms with Gasteiger partial charge in [0.1, 0.15) is 10.6 Å². The zero-order chi connectivity index (χ0) is 13.4. The van der Waals surface area contributed by atoms with Crippen molar-refractivity contribution in [2.45, 2.75) is 6.42 Å². The minimum atomic E-state index is -0.00429. The van der Waals surface area contributed by atoms with Crippen molar-refractivity contribution in [3.8, 4) is 5.75 Å². The summed E-state index contributed by atoms with van der Waals surface area (Å²) in [6, 6.07) is 7.50. The molecular formula is C14H14N2O2S. The molecule has 0 atom stereocenters. The summed E-state index contributed by atoms with van der Waals surface area (Å²) in [5, 5.41) is 1.87. The summed E-state index contributed by atoms with van der Waals surface area (Å²) in [5.41, 5.74) is 8.59. The first-order valence-electron chi connectivity index (χ1n) is 6.02. The molecule has 4 nitrogen and oxygen atoms in total. The number of nitrogens with two attached hydrogens (primary N) is 1. The zero-order valence-corrected chi connectivity index (χ0v) is 11.4. The number of thiophene rings is 1. The average Bonchev–Trinajstić information content (AvgIpc) is 3.03. The second kappa shape index (κ2) is 4.59. The summed E-state index contributed by atoms with van der Waals surface area (Å²) >= 11 is 1.41. The van der Waals surface area contributed by atoms with Gasteiger partial charge in [0.05, 0.1) is 7.11 Å². The average molecular weight is 274 g/mol. The van der Waals surface area contributed by atoms with Crippen LogP contribution in [0.25, 0.3) is 0 Å². The molecule has 0 unspecified atom stereocenters. The normalized spacial score (nSPS) is 13.4. The highest BCUT2D eigenvalue weighted by atomic mass is 32.1. The predicted molar refractivity (Wildman–Crippen MR) is 77.1 cm³/mol. The minimum Gasteiger partial charge on any atom is -0.495 e. The highest BCUT2D eigenvalue weighted by molar-refractivity contribution is 7.12. The van der Waals surface area contributed by atoms with Gasteiger partial charge in [0.25, 0.3) is 5.91 Å². The number of hydrogen-bond donors (Lipinski definition) is 1. The van der Waals surface area contributed by atoms with Crippen LogP contribution in [0, 0.1) is 0 Å². The van der Waals surface area contributed by atoms with Crippen LogP contribution >= 0.6 is 11.3 Å². The second-order valence-corrected chi connectivity index (χ2v) is 5.33. The molecule has 1 aliphatic rings. The van der Waals surface area contributed by atoms with Crippen LogP contribution in [-0.4, -0.2) is 19.6 Å². The van der Waals surface area contributed by atoms with Gasteiger partial charge in [0.2, 0.25) is 0 Å². The van der Waals surface area contributed by atoms with Gasteiger partial charge in [0.15, 0.2) is 0 Å². The van der Waals surface area contributed by atoms with E-state index in [4.69, 9.17) is 10.5 Å². The Labute approximate surface area is 115 Å². The monoisotopic (exact) mass is 274 g/mol. The van der Waals surface area contributed by atoms with Crippen molar-refractivity contribution in [1.29, 1.82) is 0 Å². The van der Waals surface area contributed by atoms with Crippen LogP contribution in [0.4, 0.5) is 11.4 Å². The topological polar surface area (TPSA) is 55.6 Å². The molecule has 1 aromatic carbocycles. The highest BCUT2D eigenvalue weighted by Crippen LogP contribution is 2.34. The van der Waals surface area contributed by atoms with E-state index in [2.05, 4.69) is 0 Å². The largest absolute Gasteiger partial charge is 0.495 e. The van der Waals surface area contributed by atoms with Gasteiger partial charge in [-0.15, -0.1) is 11.3 Å². The summed E-state index contributed by atoms with van der Waals surface area (Å²) in [6.07, 6.45) is 0.847. The fraction of sp³-hybridized carbons (Fsp3) is 0.214. The van der Waals surface area contributed by atoms with Crippen LogP contribution in [0.15, 0.2) is 29.6 Å². The van der Waals surface area contributed by atoms with Crippen LogP contribution in [0.1, 0.15) is 15.2 Å². The van der Waals surface area contributed by atoms with E-state index in [-0.39, 0.29) is 5.91 Å². The Kier molecular flexibility index (Phi) is 2.91. The molecule has 5 heteroatoms. The lowest BCUT2D eigenvalue weighted by atomic mass is 10.1. The van der Waals surface area contributed by atoms with Gasteiger partial charge in [-0.1, -0.05) is 0 Å². The Morgan fingerprint density at radius 1 is 1.42 bits per heavy atom. The molecule has 0 bridgehead atoms. The lowest BCUT2D eigenvalue weighted by molar-refractivity contribution is 0.0990. The fourth-order valence-electron chi connectivity index (χ4n) is 2.37. The number of benzene rings is 1. The molecule has 0 saturated heterocycles. The van der Waals surface area contributed by atoms with Crippen LogP contribution in [0.2, 0.25) is 0 Å². The Bertz CT molecular complexity index is 636. The molecule has 0 spiro atoms. The smallest absolute Gasteiger partial charge is 0.272 e. The molecule has 3 rings (SSSR count). The number of anilines is 2. The molecule has 0 fully saturated rings. The molecule has 0 saturated carbocycles. The molecule has 2 aromatic rings. The third-order valence-corrected chi connectivity index (χ3v) is 4.17. The summed E-state index contributed by atoms with van der Waals surface area (Å²) in [4.78, 5) is 15.0. The van der Waals surface area contributed by atoms with E-state index in [0.717, 1.165) is 23.4 Å². The Hall–Kier alpha value is -2.01. The van der Waals surface area contributed by atoms with Gasteiger partial charge in [-0.05, 0) is 41.6 Å². The summed E-state index contributed by atoms with van der Waals surface area (Å²) in [6.45, 7) is 0.693. The van der Waals surface area contributed by atoms with Crippen molar-refractivity contribution >= 4 is 28.6 Å². The maximum atomic E-state index is 12.6. The van der Waals surface area contributed by atoms with E-state index in [1.54, 1.807) is 12.0 Å². The van der Waals surface area contributed by atoms with Crippen LogP contribution in [0.3, 0.4) is 0 Å². The first-order chi connectivity index (χ1) is 9.20.